The normalized spacial score (nSPS) is 19.6. The van der Waals surface area contributed by atoms with Gasteiger partial charge in [0, 0.05) is 53.4 Å². The molecular weight excluding hydrogens is 258 g/mol. The molecule has 0 aliphatic carbocycles. The first-order valence-corrected chi connectivity index (χ1v) is 7.33. The minimum Gasteiger partial charge on any atom is -0.384 e. The van der Waals surface area contributed by atoms with E-state index in [-0.39, 0.29) is 0 Å². The maximum Gasteiger partial charge on any atom is 0.193 e. The van der Waals surface area contributed by atoms with Crippen LogP contribution >= 0.6 is 0 Å². The van der Waals surface area contributed by atoms with Crippen molar-refractivity contribution in [2.45, 2.75) is 12.8 Å². The van der Waals surface area contributed by atoms with Crippen LogP contribution in [0.1, 0.15) is 12.8 Å². The average Bonchev–Trinajstić information content (AvgIpc) is 2.91. The molecule has 0 aromatic heterocycles. The molecule has 1 fully saturated rings. The van der Waals surface area contributed by atoms with Gasteiger partial charge in [-0.05, 0) is 12.8 Å². The fraction of sp³-hybridized carbons (Fsp3) is 0.929. The van der Waals surface area contributed by atoms with Crippen LogP contribution in [-0.2, 0) is 14.2 Å². The van der Waals surface area contributed by atoms with Crippen molar-refractivity contribution in [3.05, 3.63) is 0 Å². The minimum absolute atomic E-state index is 0.621. The molecule has 6 heteroatoms. The average molecular weight is 287 g/mol. The number of hydrogen-bond donors (Lipinski definition) is 1. The van der Waals surface area contributed by atoms with Gasteiger partial charge in [-0.3, -0.25) is 4.99 Å². The minimum atomic E-state index is 0.621. The van der Waals surface area contributed by atoms with E-state index < -0.39 is 0 Å². The summed E-state index contributed by atoms with van der Waals surface area (Å²) < 4.78 is 15.6. The highest BCUT2D eigenvalue weighted by molar-refractivity contribution is 5.80. The fourth-order valence-corrected chi connectivity index (χ4v) is 2.35. The predicted molar refractivity (Wildman–Crippen MR) is 80.2 cm³/mol. The Kier molecular flexibility index (Phi) is 9.36. The molecule has 0 saturated carbocycles. The Morgan fingerprint density at radius 3 is 2.80 bits per heavy atom. The van der Waals surface area contributed by atoms with Crippen molar-refractivity contribution in [2.75, 3.05) is 67.3 Å². The third-order valence-electron chi connectivity index (χ3n) is 3.38. The first kappa shape index (κ1) is 17.2. The summed E-state index contributed by atoms with van der Waals surface area (Å²) in [7, 11) is 5.28. The lowest BCUT2D eigenvalue weighted by atomic mass is 10.1. The lowest BCUT2D eigenvalue weighted by molar-refractivity contribution is 0.0698. The number of nitrogens with one attached hydrogen (secondary N) is 1. The van der Waals surface area contributed by atoms with Crippen molar-refractivity contribution < 1.29 is 14.2 Å². The van der Waals surface area contributed by atoms with Crippen LogP contribution in [0.3, 0.4) is 0 Å². The Morgan fingerprint density at radius 2 is 2.10 bits per heavy atom. The number of rotatable bonds is 9. The third-order valence-corrected chi connectivity index (χ3v) is 3.38. The molecule has 1 saturated heterocycles. The van der Waals surface area contributed by atoms with Crippen molar-refractivity contribution in [1.29, 1.82) is 0 Å². The van der Waals surface area contributed by atoms with Gasteiger partial charge in [0.2, 0.25) is 0 Å². The molecule has 1 atom stereocenters. The zero-order chi connectivity index (χ0) is 14.6. The third kappa shape index (κ3) is 6.54. The van der Waals surface area contributed by atoms with Gasteiger partial charge in [0.25, 0.3) is 0 Å². The van der Waals surface area contributed by atoms with E-state index in [1.165, 1.54) is 6.42 Å². The fourth-order valence-electron chi connectivity index (χ4n) is 2.35. The van der Waals surface area contributed by atoms with Gasteiger partial charge < -0.3 is 24.4 Å². The van der Waals surface area contributed by atoms with Crippen LogP contribution in [0, 0.1) is 5.92 Å². The molecule has 1 unspecified atom stereocenters. The molecule has 0 aromatic rings. The highest BCUT2D eigenvalue weighted by Gasteiger charge is 2.24. The molecule has 1 N–H and O–H groups in total. The molecular formula is C14H29N3O3. The summed E-state index contributed by atoms with van der Waals surface area (Å²) in [4.78, 5) is 6.64. The van der Waals surface area contributed by atoms with E-state index in [0.29, 0.717) is 19.1 Å². The van der Waals surface area contributed by atoms with Crippen LogP contribution in [0.5, 0.6) is 0 Å². The van der Waals surface area contributed by atoms with E-state index in [1.54, 1.807) is 14.2 Å². The van der Waals surface area contributed by atoms with E-state index in [1.807, 2.05) is 7.05 Å². The SMILES string of the molecule is CN=C(NCCCOCCOC)N1CCC(COC)C1. The Bertz CT molecular complexity index is 274. The molecule has 1 heterocycles. The highest BCUT2D eigenvalue weighted by Crippen LogP contribution is 2.16. The Morgan fingerprint density at radius 1 is 1.25 bits per heavy atom. The van der Waals surface area contributed by atoms with Crippen LogP contribution in [0.2, 0.25) is 0 Å². The van der Waals surface area contributed by atoms with Gasteiger partial charge in [-0.25, -0.2) is 0 Å². The van der Waals surface area contributed by atoms with E-state index >= 15 is 0 Å². The number of ether oxygens (including phenoxy) is 3. The zero-order valence-electron chi connectivity index (χ0n) is 13.1. The van der Waals surface area contributed by atoms with Crippen LogP contribution in [0.15, 0.2) is 4.99 Å². The first-order valence-electron chi connectivity index (χ1n) is 7.33. The zero-order valence-corrected chi connectivity index (χ0v) is 13.1. The maximum atomic E-state index is 5.43. The molecule has 0 aromatic carbocycles. The molecule has 0 spiro atoms. The lowest BCUT2D eigenvalue weighted by Gasteiger charge is -2.21. The van der Waals surface area contributed by atoms with Gasteiger partial charge in [0.05, 0.1) is 19.8 Å². The topological polar surface area (TPSA) is 55.3 Å². The summed E-state index contributed by atoms with van der Waals surface area (Å²) in [6, 6.07) is 0. The standard InChI is InChI=1S/C14H29N3O3/c1-15-14(16-6-4-8-20-10-9-18-2)17-7-5-13(11-17)12-19-3/h13H,4-12H2,1-3H3,(H,15,16). The largest absolute Gasteiger partial charge is 0.384 e. The number of guanidine groups is 1. The second-order valence-corrected chi connectivity index (χ2v) is 4.99. The number of hydrogen-bond acceptors (Lipinski definition) is 4. The molecule has 6 nitrogen and oxygen atoms in total. The molecule has 1 rings (SSSR count). The van der Waals surface area contributed by atoms with Crippen LogP contribution in [0.25, 0.3) is 0 Å². The van der Waals surface area contributed by atoms with Gasteiger partial charge in [-0.2, -0.15) is 0 Å². The molecule has 0 amide bonds. The van der Waals surface area contributed by atoms with Crippen molar-refractivity contribution in [3.63, 3.8) is 0 Å². The summed E-state index contributed by atoms with van der Waals surface area (Å²) in [5.41, 5.74) is 0. The summed E-state index contributed by atoms with van der Waals surface area (Å²) in [6.07, 6.45) is 2.15. The van der Waals surface area contributed by atoms with Crippen molar-refractivity contribution >= 4 is 5.96 Å². The Labute approximate surface area is 122 Å². The second-order valence-electron chi connectivity index (χ2n) is 4.99. The van der Waals surface area contributed by atoms with Gasteiger partial charge >= 0.3 is 0 Å². The van der Waals surface area contributed by atoms with Crippen molar-refractivity contribution in [3.8, 4) is 0 Å². The maximum absolute atomic E-state index is 5.43. The molecule has 1 aliphatic rings. The van der Waals surface area contributed by atoms with Gasteiger partial charge in [-0.15, -0.1) is 0 Å². The predicted octanol–water partition coefficient (Wildman–Crippen LogP) is 0.583. The number of likely N-dealkylation sites (tertiary alicyclic amines) is 1. The summed E-state index contributed by atoms with van der Waals surface area (Å²) in [5.74, 6) is 1.61. The molecule has 1 aliphatic heterocycles. The van der Waals surface area contributed by atoms with Crippen molar-refractivity contribution in [2.24, 2.45) is 10.9 Å². The highest BCUT2D eigenvalue weighted by atomic mass is 16.5. The summed E-state index contributed by atoms with van der Waals surface area (Å²) >= 11 is 0. The van der Waals surface area contributed by atoms with Crippen molar-refractivity contribution in [1.82, 2.24) is 10.2 Å². The number of aliphatic imine (C=N–C) groups is 1. The lowest BCUT2D eigenvalue weighted by Crippen LogP contribution is -2.40. The molecule has 0 radical (unpaired) electrons. The quantitative estimate of drug-likeness (QED) is 0.382. The Hall–Kier alpha value is -0.850. The number of methoxy groups -OCH3 is 2. The molecule has 118 valence electrons. The second kappa shape index (κ2) is 10.9. The Balaban J connectivity index is 2.11. The molecule has 0 bridgehead atoms. The number of nitrogens with zero attached hydrogens (tertiary/aromatic N) is 2. The van der Waals surface area contributed by atoms with E-state index in [4.69, 9.17) is 14.2 Å². The van der Waals surface area contributed by atoms with Crippen LogP contribution in [-0.4, -0.2) is 78.2 Å². The van der Waals surface area contributed by atoms with E-state index in [2.05, 4.69) is 15.2 Å². The van der Waals surface area contributed by atoms with E-state index in [0.717, 1.165) is 45.2 Å². The van der Waals surface area contributed by atoms with Crippen LogP contribution < -0.4 is 5.32 Å². The summed E-state index contributed by atoms with van der Waals surface area (Å²) in [5, 5.41) is 3.39. The monoisotopic (exact) mass is 287 g/mol. The van der Waals surface area contributed by atoms with Gasteiger partial charge in [-0.1, -0.05) is 0 Å². The van der Waals surface area contributed by atoms with Crippen LogP contribution in [0.4, 0.5) is 0 Å². The summed E-state index contributed by atoms with van der Waals surface area (Å²) in [6.45, 7) is 5.86. The van der Waals surface area contributed by atoms with Gasteiger partial charge in [0.1, 0.15) is 0 Å². The smallest absolute Gasteiger partial charge is 0.193 e. The van der Waals surface area contributed by atoms with E-state index in [9.17, 15) is 0 Å². The molecule has 20 heavy (non-hydrogen) atoms. The van der Waals surface area contributed by atoms with Gasteiger partial charge in [0.15, 0.2) is 5.96 Å². The first-order chi connectivity index (χ1) is 9.81.